The Balaban J connectivity index is 1.65. The van der Waals surface area contributed by atoms with Crippen LogP contribution < -0.4 is 10.2 Å². The van der Waals surface area contributed by atoms with Crippen molar-refractivity contribution >= 4 is 34.8 Å². The van der Waals surface area contributed by atoms with Gasteiger partial charge in [0.2, 0.25) is 0 Å². The lowest BCUT2D eigenvalue weighted by molar-refractivity contribution is 0.0582. The molecule has 0 aliphatic carbocycles. The molecule has 0 aromatic heterocycles. The van der Waals surface area contributed by atoms with Crippen LogP contribution in [0.4, 0.5) is 15.8 Å². The minimum absolute atomic E-state index is 0.000848. The Morgan fingerprint density at radius 3 is 2.82 bits per heavy atom. The van der Waals surface area contributed by atoms with Crippen molar-refractivity contribution in [3.63, 3.8) is 0 Å². The Kier molecular flexibility index (Phi) is 4.98. The van der Waals surface area contributed by atoms with Crippen LogP contribution in [0.3, 0.4) is 0 Å². The lowest BCUT2D eigenvalue weighted by Gasteiger charge is -2.47. The number of halogens is 2. The minimum Gasteiger partial charge on any atom is -0.351 e. The summed E-state index contributed by atoms with van der Waals surface area (Å²) in [5, 5.41) is 2.68. The number of amides is 2. The van der Waals surface area contributed by atoms with E-state index in [9.17, 15) is 14.0 Å². The maximum absolute atomic E-state index is 13.6. The standard InChI is InChI=1S/C21H21ClFN3O2/c1-2-25-18-11-13(20(27)24-14-7-9-16(22)17(23)12-14)6-8-15(18)21(28)26-10-4-3-5-19(25)26/h6-9,11-12,19H,2-5,10H2,1H3,(H,24,27)/t19-/m1/s1. The van der Waals surface area contributed by atoms with E-state index in [1.165, 1.54) is 12.1 Å². The van der Waals surface area contributed by atoms with Gasteiger partial charge in [0, 0.05) is 24.3 Å². The van der Waals surface area contributed by atoms with E-state index in [-0.39, 0.29) is 23.0 Å². The second kappa shape index (κ2) is 7.43. The SMILES string of the molecule is CCN1c2cc(C(=O)Nc3ccc(Cl)c(F)c3)ccc2C(=O)N2CCCC[C@@H]21. The number of carbonyl (C=O) groups is 2. The second-order valence-electron chi connectivity index (χ2n) is 7.08. The average molecular weight is 402 g/mol. The summed E-state index contributed by atoms with van der Waals surface area (Å²) in [5.74, 6) is -0.930. The molecule has 2 aromatic rings. The molecule has 1 fully saturated rings. The van der Waals surface area contributed by atoms with Crippen molar-refractivity contribution in [3.8, 4) is 0 Å². The van der Waals surface area contributed by atoms with Gasteiger partial charge in [-0.3, -0.25) is 9.59 Å². The Hall–Kier alpha value is -2.60. The third kappa shape index (κ3) is 3.22. The molecule has 0 unspecified atom stereocenters. The van der Waals surface area contributed by atoms with E-state index >= 15 is 0 Å². The fourth-order valence-corrected chi connectivity index (χ4v) is 4.16. The van der Waals surface area contributed by atoms with Crippen LogP contribution in [-0.2, 0) is 0 Å². The largest absolute Gasteiger partial charge is 0.351 e. The summed E-state index contributed by atoms with van der Waals surface area (Å²) in [4.78, 5) is 29.7. The smallest absolute Gasteiger partial charge is 0.257 e. The highest BCUT2D eigenvalue weighted by Gasteiger charge is 2.38. The van der Waals surface area contributed by atoms with E-state index in [0.29, 0.717) is 16.8 Å². The van der Waals surface area contributed by atoms with E-state index in [0.717, 1.165) is 38.0 Å². The molecule has 1 atom stereocenters. The molecule has 146 valence electrons. The zero-order valence-corrected chi connectivity index (χ0v) is 16.3. The van der Waals surface area contributed by atoms with Crippen LogP contribution in [0.15, 0.2) is 36.4 Å². The molecule has 2 amide bonds. The van der Waals surface area contributed by atoms with Crippen LogP contribution in [0.1, 0.15) is 46.9 Å². The molecule has 1 saturated heterocycles. The lowest BCUT2D eigenvalue weighted by Crippen LogP contribution is -2.57. The number of fused-ring (bicyclic) bond motifs is 2. The number of piperidine rings is 1. The molecule has 2 aliphatic heterocycles. The maximum Gasteiger partial charge on any atom is 0.257 e. The van der Waals surface area contributed by atoms with Crippen molar-refractivity contribution in [2.75, 3.05) is 23.3 Å². The summed E-state index contributed by atoms with van der Waals surface area (Å²) in [5.41, 5.74) is 2.15. The van der Waals surface area contributed by atoms with Gasteiger partial charge in [0.15, 0.2) is 0 Å². The molecule has 2 heterocycles. The van der Waals surface area contributed by atoms with E-state index in [1.807, 2.05) is 4.90 Å². The molecule has 4 rings (SSSR count). The van der Waals surface area contributed by atoms with Gasteiger partial charge in [-0.2, -0.15) is 0 Å². The molecule has 0 saturated carbocycles. The maximum atomic E-state index is 13.6. The van der Waals surface area contributed by atoms with E-state index < -0.39 is 5.82 Å². The van der Waals surface area contributed by atoms with Gasteiger partial charge >= 0.3 is 0 Å². The fourth-order valence-electron chi connectivity index (χ4n) is 4.04. The Morgan fingerprint density at radius 2 is 2.07 bits per heavy atom. The van der Waals surface area contributed by atoms with Crippen molar-refractivity contribution in [3.05, 3.63) is 58.4 Å². The summed E-state index contributed by atoms with van der Waals surface area (Å²) < 4.78 is 13.6. The number of hydrogen-bond donors (Lipinski definition) is 1. The molecule has 5 nitrogen and oxygen atoms in total. The summed E-state index contributed by atoms with van der Waals surface area (Å²) in [6.45, 7) is 3.56. The summed E-state index contributed by atoms with van der Waals surface area (Å²) in [6, 6.07) is 9.22. The number of rotatable bonds is 3. The quantitative estimate of drug-likeness (QED) is 0.822. The molecule has 2 aromatic carbocycles. The van der Waals surface area contributed by atoms with Gasteiger partial charge in [-0.25, -0.2) is 4.39 Å². The molecule has 0 radical (unpaired) electrons. The Bertz CT molecular complexity index is 949. The van der Waals surface area contributed by atoms with Gasteiger partial charge in [0.05, 0.1) is 16.3 Å². The van der Waals surface area contributed by atoms with Crippen molar-refractivity contribution in [1.29, 1.82) is 0 Å². The highest BCUT2D eigenvalue weighted by Crippen LogP contribution is 2.35. The summed E-state index contributed by atoms with van der Waals surface area (Å²) >= 11 is 5.69. The third-order valence-electron chi connectivity index (χ3n) is 5.41. The molecule has 28 heavy (non-hydrogen) atoms. The summed E-state index contributed by atoms with van der Waals surface area (Å²) in [7, 11) is 0. The van der Waals surface area contributed by atoms with Crippen molar-refractivity contribution in [1.82, 2.24) is 4.90 Å². The first-order valence-electron chi connectivity index (χ1n) is 9.47. The predicted molar refractivity (Wildman–Crippen MR) is 108 cm³/mol. The molecule has 7 heteroatoms. The van der Waals surface area contributed by atoms with Crippen molar-refractivity contribution < 1.29 is 14.0 Å². The first-order valence-corrected chi connectivity index (χ1v) is 9.85. The van der Waals surface area contributed by atoms with Gasteiger partial charge in [0.25, 0.3) is 11.8 Å². The number of nitrogens with one attached hydrogen (secondary N) is 1. The van der Waals surface area contributed by atoms with E-state index in [1.54, 1.807) is 24.3 Å². The zero-order chi connectivity index (χ0) is 19.8. The average Bonchev–Trinajstić information content (AvgIpc) is 2.71. The number of benzene rings is 2. The fraction of sp³-hybridized carbons (Fsp3) is 0.333. The number of hydrogen-bond acceptors (Lipinski definition) is 3. The van der Waals surface area contributed by atoms with Crippen LogP contribution in [0.2, 0.25) is 5.02 Å². The van der Waals surface area contributed by atoms with Gasteiger partial charge in [-0.1, -0.05) is 11.6 Å². The van der Waals surface area contributed by atoms with Crippen LogP contribution in [0.5, 0.6) is 0 Å². The van der Waals surface area contributed by atoms with Gasteiger partial charge in [0.1, 0.15) is 12.0 Å². The normalized spacial score (nSPS) is 18.5. The topological polar surface area (TPSA) is 52.7 Å². The molecule has 2 aliphatic rings. The van der Waals surface area contributed by atoms with Gasteiger partial charge < -0.3 is 15.1 Å². The molecule has 0 spiro atoms. The van der Waals surface area contributed by atoms with Gasteiger partial charge in [-0.05, 0) is 62.6 Å². The van der Waals surface area contributed by atoms with Crippen LogP contribution in [-0.4, -0.2) is 36.0 Å². The van der Waals surface area contributed by atoms with Crippen LogP contribution in [0.25, 0.3) is 0 Å². The number of carbonyl (C=O) groups excluding carboxylic acids is 2. The highest BCUT2D eigenvalue weighted by atomic mass is 35.5. The second-order valence-corrected chi connectivity index (χ2v) is 7.48. The first kappa shape index (κ1) is 18.7. The van der Waals surface area contributed by atoms with Gasteiger partial charge in [-0.15, -0.1) is 0 Å². The van der Waals surface area contributed by atoms with E-state index in [2.05, 4.69) is 17.1 Å². The number of nitrogens with zero attached hydrogens (tertiary/aromatic N) is 2. The molecule has 1 N–H and O–H groups in total. The monoisotopic (exact) mass is 401 g/mol. The van der Waals surface area contributed by atoms with Crippen molar-refractivity contribution in [2.45, 2.75) is 32.4 Å². The third-order valence-corrected chi connectivity index (χ3v) is 5.72. The van der Waals surface area contributed by atoms with Crippen LogP contribution in [0, 0.1) is 5.82 Å². The van der Waals surface area contributed by atoms with E-state index in [4.69, 9.17) is 11.6 Å². The Labute approximate surface area is 168 Å². The zero-order valence-electron chi connectivity index (χ0n) is 15.5. The highest BCUT2D eigenvalue weighted by molar-refractivity contribution is 6.30. The Morgan fingerprint density at radius 1 is 1.25 bits per heavy atom. The molecule has 0 bridgehead atoms. The predicted octanol–water partition coefficient (Wildman–Crippen LogP) is 4.52. The minimum atomic E-state index is -0.593. The first-order chi connectivity index (χ1) is 13.5. The van der Waals surface area contributed by atoms with Crippen molar-refractivity contribution in [2.24, 2.45) is 0 Å². The molecular formula is C21H21ClFN3O2. The molecular weight excluding hydrogens is 381 g/mol. The number of anilines is 2. The summed E-state index contributed by atoms with van der Waals surface area (Å²) in [6.07, 6.45) is 3.08. The lowest BCUT2D eigenvalue weighted by atomic mass is 9.97. The van der Waals surface area contributed by atoms with Crippen LogP contribution >= 0.6 is 11.6 Å².